The van der Waals surface area contributed by atoms with Gasteiger partial charge < -0.3 is 5.32 Å². The highest BCUT2D eigenvalue weighted by molar-refractivity contribution is 7.26. The van der Waals surface area contributed by atoms with Crippen LogP contribution in [0.2, 0.25) is 0 Å². The third kappa shape index (κ3) is 4.61. The zero-order valence-electron chi connectivity index (χ0n) is 27.9. The minimum atomic E-state index is -0.444. The third-order valence-electron chi connectivity index (χ3n) is 10.6. The average molecular weight is 668 g/mol. The fraction of sp³-hybridized carbons (Fsp3) is 0.0204. The summed E-state index contributed by atoms with van der Waals surface area (Å²) in [5.74, 6) is 0. The summed E-state index contributed by atoms with van der Waals surface area (Å²) >= 11 is 1.88. The van der Waals surface area contributed by atoms with E-state index in [9.17, 15) is 0 Å². The number of anilines is 2. The van der Waals surface area contributed by atoms with E-state index in [0.717, 1.165) is 11.4 Å². The number of fused-ring (bicyclic) bond motifs is 6. The van der Waals surface area contributed by atoms with Crippen LogP contribution in [0.1, 0.15) is 22.3 Å². The van der Waals surface area contributed by atoms with Gasteiger partial charge in [0.2, 0.25) is 0 Å². The van der Waals surface area contributed by atoms with Crippen LogP contribution in [0, 0.1) is 0 Å². The van der Waals surface area contributed by atoms with Crippen LogP contribution < -0.4 is 5.32 Å². The monoisotopic (exact) mass is 667 g/mol. The molecule has 1 N–H and O–H groups in total. The molecule has 0 bridgehead atoms. The maximum absolute atomic E-state index is 3.92. The maximum Gasteiger partial charge on any atom is 0.0714 e. The summed E-state index contributed by atoms with van der Waals surface area (Å²) in [6.07, 6.45) is 0. The van der Waals surface area contributed by atoms with Gasteiger partial charge in [0.15, 0.2) is 0 Å². The number of benzene rings is 8. The van der Waals surface area contributed by atoms with Crippen molar-refractivity contribution in [2.75, 3.05) is 5.32 Å². The minimum Gasteiger partial charge on any atom is -0.355 e. The van der Waals surface area contributed by atoms with Gasteiger partial charge in [0.1, 0.15) is 0 Å². The first-order valence-electron chi connectivity index (χ1n) is 17.5. The van der Waals surface area contributed by atoms with Crippen molar-refractivity contribution in [1.82, 2.24) is 0 Å². The highest BCUT2D eigenvalue weighted by atomic mass is 32.1. The summed E-state index contributed by atoms with van der Waals surface area (Å²) in [7, 11) is 0. The van der Waals surface area contributed by atoms with Gasteiger partial charge in [-0.15, -0.1) is 11.3 Å². The second-order valence-electron chi connectivity index (χ2n) is 13.3. The Labute approximate surface area is 302 Å². The molecule has 0 radical (unpaired) electrons. The molecule has 1 aromatic heterocycles. The van der Waals surface area contributed by atoms with Crippen molar-refractivity contribution in [2.45, 2.75) is 5.41 Å². The van der Waals surface area contributed by atoms with Crippen molar-refractivity contribution in [2.24, 2.45) is 0 Å². The number of hydrogen-bond donors (Lipinski definition) is 1. The first-order valence-corrected chi connectivity index (χ1v) is 18.3. The summed E-state index contributed by atoms with van der Waals surface area (Å²) in [5.41, 5.74) is 14.4. The molecule has 1 nitrogen and oxygen atoms in total. The highest BCUT2D eigenvalue weighted by Gasteiger charge is 2.46. The Balaban J connectivity index is 1.16. The van der Waals surface area contributed by atoms with E-state index in [1.165, 1.54) is 75.8 Å². The normalized spacial score (nSPS) is 12.9. The lowest BCUT2D eigenvalue weighted by atomic mass is 9.67. The van der Waals surface area contributed by atoms with Crippen LogP contribution in [-0.2, 0) is 5.41 Å². The van der Waals surface area contributed by atoms with Gasteiger partial charge in [-0.05, 0) is 74.3 Å². The highest BCUT2D eigenvalue weighted by Crippen LogP contribution is 2.57. The molecule has 0 saturated heterocycles. The number of hydrogen-bond acceptors (Lipinski definition) is 2. The predicted molar refractivity (Wildman–Crippen MR) is 217 cm³/mol. The van der Waals surface area contributed by atoms with Gasteiger partial charge in [-0.25, -0.2) is 0 Å². The molecular formula is C49H33NS. The van der Waals surface area contributed by atoms with E-state index in [-0.39, 0.29) is 0 Å². The lowest BCUT2D eigenvalue weighted by molar-refractivity contribution is 0.769. The molecule has 240 valence electrons. The molecule has 0 atom stereocenters. The molecule has 1 aliphatic rings. The molecule has 0 saturated carbocycles. The lowest BCUT2D eigenvalue weighted by Crippen LogP contribution is -2.28. The fourth-order valence-electron chi connectivity index (χ4n) is 8.40. The molecule has 2 heteroatoms. The fourth-order valence-corrected chi connectivity index (χ4v) is 9.67. The van der Waals surface area contributed by atoms with E-state index in [4.69, 9.17) is 0 Å². The number of rotatable bonds is 6. The van der Waals surface area contributed by atoms with Crippen molar-refractivity contribution in [3.63, 3.8) is 0 Å². The molecule has 0 spiro atoms. The molecule has 1 heterocycles. The van der Waals surface area contributed by atoms with Crippen molar-refractivity contribution < 1.29 is 0 Å². The molecule has 0 aliphatic heterocycles. The Morgan fingerprint density at radius 3 is 1.75 bits per heavy atom. The SMILES string of the molecule is c1ccc(-c2ccc(-c3ccccc3Nc3ccc4c(c3)C(c3ccccc3)(c3ccccc3)c3ccccc3-4)c3c2sc2ccccc23)cc1. The molecule has 51 heavy (non-hydrogen) atoms. The summed E-state index contributed by atoms with van der Waals surface area (Å²) in [5, 5.41) is 6.53. The van der Waals surface area contributed by atoms with Gasteiger partial charge in [-0.3, -0.25) is 0 Å². The summed E-state index contributed by atoms with van der Waals surface area (Å²) < 4.78 is 2.62. The van der Waals surface area contributed by atoms with Crippen LogP contribution in [-0.4, -0.2) is 0 Å². The van der Waals surface area contributed by atoms with Gasteiger partial charge in [0.05, 0.1) is 5.41 Å². The summed E-state index contributed by atoms with van der Waals surface area (Å²) in [4.78, 5) is 0. The van der Waals surface area contributed by atoms with E-state index in [1.807, 2.05) is 11.3 Å². The number of thiophene rings is 1. The Morgan fingerprint density at radius 1 is 0.412 bits per heavy atom. The quantitative estimate of drug-likeness (QED) is 0.186. The molecule has 10 rings (SSSR count). The Morgan fingerprint density at radius 2 is 0.980 bits per heavy atom. The maximum atomic E-state index is 3.92. The predicted octanol–water partition coefficient (Wildman–Crippen LogP) is 13.5. The second-order valence-corrected chi connectivity index (χ2v) is 14.3. The van der Waals surface area contributed by atoms with Gasteiger partial charge in [0.25, 0.3) is 0 Å². The van der Waals surface area contributed by atoms with Crippen LogP contribution >= 0.6 is 11.3 Å². The van der Waals surface area contributed by atoms with Crippen molar-refractivity contribution in [3.8, 4) is 33.4 Å². The zero-order valence-corrected chi connectivity index (χ0v) is 28.7. The Bertz CT molecular complexity index is 2670. The Hall–Kier alpha value is -6.22. The van der Waals surface area contributed by atoms with E-state index in [2.05, 4.69) is 199 Å². The minimum absolute atomic E-state index is 0.444. The zero-order chi connectivity index (χ0) is 33.8. The average Bonchev–Trinajstić information content (AvgIpc) is 3.73. The second kappa shape index (κ2) is 12.0. The lowest BCUT2D eigenvalue weighted by Gasteiger charge is -2.34. The van der Waals surface area contributed by atoms with Gasteiger partial charge in [-0.2, -0.15) is 0 Å². The van der Waals surface area contributed by atoms with Crippen molar-refractivity contribution in [3.05, 3.63) is 216 Å². The first-order chi connectivity index (χ1) is 25.3. The molecule has 0 unspecified atom stereocenters. The van der Waals surface area contributed by atoms with Gasteiger partial charge >= 0.3 is 0 Å². The molecule has 9 aromatic rings. The van der Waals surface area contributed by atoms with Crippen LogP contribution in [0.4, 0.5) is 11.4 Å². The van der Waals surface area contributed by atoms with Gasteiger partial charge in [0, 0.05) is 37.1 Å². The largest absolute Gasteiger partial charge is 0.355 e. The molecule has 0 amide bonds. The van der Waals surface area contributed by atoms with E-state index < -0.39 is 5.41 Å². The van der Waals surface area contributed by atoms with E-state index in [1.54, 1.807) is 0 Å². The molecule has 8 aromatic carbocycles. The van der Waals surface area contributed by atoms with Crippen LogP contribution in [0.25, 0.3) is 53.6 Å². The number of nitrogens with one attached hydrogen (secondary N) is 1. The standard InChI is InChI=1S/C49H33NS/c1-4-16-33(17-5-1)37-30-31-41(47-42-24-12-15-27-46(42)51-48(37)47)40-23-11-14-26-45(40)50-36-28-29-39-38-22-10-13-25-43(38)49(44(39)32-36,34-18-6-2-7-19-34)35-20-8-3-9-21-35/h1-32,50H. The van der Waals surface area contributed by atoms with Gasteiger partial charge in [-0.1, -0.05) is 170 Å². The molecular weight excluding hydrogens is 635 g/mol. The van der Waals surface area contributed by atoms with Crippen LogP contribution in [0.5, 0.6) is 0 Å². The molecule has 1 aliphatic carbocycles. The summed E-state index contributed by atoms with van der Waals surface area (Å²) in [6, 6.07) is 70.8. The van der Waals surface area contributed by atoms with Crippen molar-refractivity contribution >= 4 is 42.9 Å². The smallest absolute Gasteiger partial charge is 0.0714 e. The topological polar surface area (TPSA) is 12.0 Å². The van der Waals surface area contributed by atoms with Crippen LogP contribution in [0.15, 0.2) is 194 Å². The van der Waals surface area contributed by atoms with E-state index >= 15 is 0 Å². The third-order valence-corrected chi connectivity index (χ3v) is 11.8. The summed E-state index contributed by atoms with van der Waals surface area (Å²) in [6.45, 7) is 0. The number of para-hydroxylation sites is 1. The first kappa shape index (κ1) is 29.7. The molecule has 0 fully saturated rings. The van der Waals surface area contributed by atoms with E-state index in [0.29, 0.717) is 0 Å². The van der Waals surface area contributed by atoms with Crippen molar-refractivity contribution in [1.29, 1.82) is 0 Å². The van der Waals surface area contributed by atoms with Crippen LogP contribution in [0.3, 0.4) is 0 Å². The Kier molecular flexibility index (Phi) is 6.97.